The van der Waals surface area contributed by atoms with Crippen LogP contribution < -0.4 is 0 Å². The summed E-state index contributed by atoms with van der Waals surface area (Å²) in [4.78, 5) is 9.60. The molecule has 110 valence electrons. The van der Waals surface area contributed by atoms with E-state index in [0.717, 1.165) is 0 Å². The lowest BCUT2D eigenvalue weighted by atomic mass is 9.94. The zero-order valence-corrected chi connectivity index (χ0v) is 14.0. The van der Waals surface area contributed by atoms with Crippen LogP contribution in [0.4, 0.5) is 0 Å². The van der Waals surface area contributed by atoms with Crippen LogP contribution in [0.5, 0.6) is 0 Å². The highest BCUT2D eigenvalue weighted by Gasteiger charge is 2.03. The molecule has 0 aliphatic rings. The van der Waals surface area contributed by atoms with Crippen molar-refractivity contribution < 1.29 is 9.90 Å². The van der Waals surface area contributed by atoms with E-state index >= 15 is 0 Å². The minimum Gasteiger partial charge on any atom is -0.478 e. The van der Waals surface area contributed by atoms with Crippen molar-refractivity contribution in [1.29, 1.82) is 0 Å². The first-order valence-corrected chi connectivity index (χ1v) is 6.65. The van der Waals surface area contributed by atoms with Crippen molar-refractivity contribution in [2.45, 2.75) is 75.2 Å². The van der Waals surface area contributed by atoms with Crippen molar-refractivity contribution in [3.63, 3.8) is 0 Å². The molecule has 0 aliphatic heterocycles. The molecule has 0 fully saturated rings. The Morgan fingerprint density at radius 2 is 1.06 bits per heavy atom. The van der Waals surface area contributed by atoms with Gasteiger partial charge in [0, 0.05) is 5.57 Å². The Kier molecular flexibility index (Phi) is 12.6. The lowest BCUT2D eigenvalue weighted by Crippen LogP contribution is -2.00. The number of rotatable bonds is 1. The summed E-state index contributed by atoms with van der Waals surface area (Å²) in [6.07, 6.45) is 2.54. The molecule has 2 heteroatoms. The van der Waals surface area contributed by atoms with Gasteiger partial charge in [-0.25, -0.2) is 4.79 Å². The number of carboxylic acids is 1. The molecular weight excluding hydrogens is 224 g/mol. The molecule has 0 aromatic carbocycles. The van der Waals surface area contributed by atoms with Gasteiger partial charge >= 0.3 is 5.97 Å². The second kappa shape index (κ2) is 10.2. The summed E-state index contributed by atoms with van der Waals surface area (Å²) in [7, 11) is 0. The lowest BCUT2D eigenvalue weighted by Gasteiger charge is -2.12. The smallest absolute Gasteiger partial charge is 0.330 e. The van der Waals surface area contributed by atoms with Gasteiger partial charge in [0.1, 0.15) is 0 Å². The van der Waals surface area contributed by atoms with E-state index in [0.29, 0.717) is 10.8 Å². The minimum atomic E-state index is -0.935. The fourth-order valence-corrected chi connectivity index (χ4v) is 0. The predicted molar refractivity (Wildman–Crippen MR) is 81.9 cm³/mol. The quantitative estimate of drug-likeness (QED) is 0.628. The van der Waals surface area contributed by atoms with Crippen LogP contribution in [0.2, 0.25) is 0 Å². The van der Waals surface area contributed by atoms with Gasteiger partial charge in [-0.05, 0) is 17.8 Å². The second-order valence-corrected chi connectivity index (χ2v) is 6.91. The Bertz CT molecular complexity index is 200. The van der Waals surface area contributed by atoms with Gasteiger partial charge in [0.05, 0.1) is 0 Å². The van der Waals surface area contributed by atoms with Crippen molar-refractivity contribution in [2.24, 2.45) is 10.8 Å². The molecule has 0 aromatic heterocycles. The van der Waals surface area contributed by atoms with Gasteiger partial charge in [0.15, 0.2) is 0 Å². The molecule has 0 bridgehead atoms. The van der Waals surface area contributed by atoms with E-state index in [2.05, 4.69) is 62.0 Å². The van der Waals surface area contributed by atoms with Gasteiger partial charge in [-0.1, -0.05) is 74.8 Å². The monoisotopic (exact) mass is 258 g/mol. The van der Waals surface area contributed by atoms with Gasteiger partial charge in [0.2, 0.25) is 0 Å². The summed E-state index contributed by atoms with van der Waals surface area (Å²) < 4.78 is 0. The molecule has 0 heterocycles. The zero-order valence-electron chi connectivity index (χ0n) is 14.0. The van der Waals surface area contributed by atoms with E-state index in [9.17, 15) is 4.79 Å². The van der Waals surface area contributed by atoms with Crippen molar-refractivity contribution in [3.05, 3.63) is 12.2 Å². The maximum absolute atomic E-state index is 9.60. The summed E-state index contributed by atoms with van der Waals surface area (Å²) in [5, 5.41) is 7.89. The van der Waals surface area contributed by atoms with Gasteiger partial charge in [-0.15, -0.1) is 0 Å². The highest BCUT2D eigenvalue weighted by Crippen LogP contribution is 2.16. The number of carbonyl (C=O) groups is 1. The van der Waals surface area contributed by atoms with Crippen molar-refractivity contribution in [2.75, 3.05) is 0 Å². The topological polar surface area (TPSA) is 37.3 Å². The maximum atomic E-state index is 9.60. The maximum Gasteiger partial charge on any atom is 0.330 e. The van der Waals surface area contributed by atoms with Crippen molar-refractivity contribution >= 4 is 5.97 Å². The molecule has 1 N–H and O–H groups in total. The molecule has 2 nitrogen and oxygen atoms in total. The molecule has 0 amide bonds. The Hall–Kier alpha value is -0.790. The summed E-state index contributed by atoms with van der Waals surface area (Å²) >= 11 is 0. The third-order valence-electron chi connectivity index (χ3n) is 2.49. The fraction of sp³-hybridized carbons (Fsp3) is 0.812. The second-order valence-electron chi connectivity index (χ2n) is 6.91. The summed E-state index contributed by atoms with van der Waals surface area (Å²) in [5.41, 5.74) is 1.26. The van der Waals surface area contributed by atoms with E-state index in [1.807, 2.05) is 0 Å². The normalized spacial score (nSPS) is 10.5. The highest BCUT2D eigenvalue weighted by molar-refractivity contribution is 5.84. The minimum absolute atomic E-state index is 0.176. The van der Waals surface area contributed by atoms with Crippen LogP contribution >= 0.6 is 0 Å². The molecule has 0 saturated carbocycles. The van der Waals surface area contributed by atoms with Crippen LogP contribution in [0.25, 0.3) is 0 Å². The largest absolute Gasteiger partial charge is 0.478 e. The molecule has 0 radical (unpaired) electrons. The number of carboxylic acid groups (broad SMARTS) is 1. The Balaban J connectivity index is -0.000000187. The van der Waals surface area contributed by atoms with E-state index in [-0.39, 0.29) is 5.57 Å². The summed E-state index contributed by atoms with van der Waals surface area (Å²) in [6.45, 7) is 22.5. The molecule has 0 rings (SSSR count). The summed E-state index contributed by atoms with van der Waals surface area (Å²) in [5.74, 6) is -0.935. The van der Waals surface area contributed by atoms with Gasteiger partial charge in [-0.3, -0.25) is 0 Å². The average molecular weight is 258 g/mol. The molecule has 0 aliphatic carbocycles. The molecule has 0 unspecified atom stereocenters. The average Bonchev–Trinajstić information content (AvgIpc) is 2.17. The van der Waals surface area contributed by atoms with Gasteiger partial charge in [0.25, 0.3) is 0 Å². The first-order valence-electron chi connectivity index (χ1n) is 6.65. The zero-order chi connectivity index (χ0) is 15.6. The fourth-order valence-electron chi connectivity index (χ4n) is 0. The Morgan fingerprint density at radius 3 is 1.06 bits per heavy atom. The number of hydrogen-bond donors (Lipinski definition) is 1. The van der Waals surface area contributed by atoms with Crippen LogP contribution in [-0.2, 0) is 4.79 Å². The molecule has 0 spiro atoms. The number of aliphatic carboxylic acids is 1. The number of hydrogen-bond acceptors (Lipinski definition) is 1. The molecule has 0 aromatic rings. The Morgan fingerprint density at radius 1 is 0.944 bits per heavy atom. The SMILES string of the molecule is C=C(C)C(=O)O.CCC(C)(C)C.CCC(C)(C)C. The highest BCUT2D eigenvalue weighted by atomic mass is 16.4. The van der Waals surface area contributed by atoms with Crippen molar-refractivity contribution in [1.82, 2.24) is 0 Å². The standard InChI is InChI=1S/2C6H14.C4H6O2/c2*1-5-6(2,3)4;1-3(2)4(5)6/h2*5H2,1-4H3;1H2,2H3,(H,5,6). The third-order valence-corrected chi connectivity index (χ3v) is 2.49. The lowest BCUT2D eigenvalue weighted by molar-refractivity contribution is -0.132. The predicted octanol–water partition coefficient (Wildman–Crippen LogP) is 5.53. The molecule has 0 saturated heterocycles. The van der Waals surface area contributed by atoms with Crippen LogP contribution in [0.15, 0.2) is 12.2 Å². The van der Waals surface area contributed by atoms with Gasteiger partial charge < -0.3 is 5.11 Å². The van der Waals surface area contributed by atoms with Gasteiger partial charge in [-0.2, -0.15) is 0 Å². The van der Waals surface area contributed by atoms with E-state index in [1.165, 1.54) is 19.8 Å². The summed E-state index contributed by atoms with van der Waals surface area (Å²) in [6, 6.07) is 0. The van der Waals surface area contributed by atoms with Crippen molar-refractivity contribution in [3.8, 4) is 0 Å². The van der Waals surface area contributed by atoms with Crippen LogP contribution in [0, 0.1) is 10.8 Å². The van der Waals surface area contributed by atoms with E-state index < -0.39 is 5.97 Å². The van der Waals surface area contributed by atoms with Crippen LogP contribution in [-0.4, -0.2) is 11.1 Å². The van der Waals surface area contributed by atoms with Crippen LogP contribution in [0.3, 0.4) is 0 Å². The van der Waals surface area contributed by atoms with Crippen LogP contribution in [0.1, 0.15) is 75.2 Å². The molecule has 18 heavy (non-hydrogen) atoms. The van der Waals surface area contributed by atoms with E-state index in [4.69, 9.17) is 5.11 Å². The first-order chi connectivity index (χ1) is 7.76. The first kappa shape index (κ1) is 22.4. The molecular formula is C16H34O2. The molecule has 0 atom stereocenters. The Labute approximate surface area is 114 Å². The van der Waals surface area contributed by atoms with E-state index in [1.54, 1.807) is 0 Å². The third kappa shape index (κ3) is 36.2.